The van der Waals surface area contributed by atoms with Gasteiger partial charge in [-0.3, -0.25) is 0 Å². The first-order valence-corrected chi connectivity index (χ1v) is 8.59. The van der Waals surface area contributed by atoms with Crippen LogP contribution >= 0.6 is 15.9 Å². The minimum atomic E-state index is -3.08. The molecule has 98 valence electrons. The number of sulfonamides is 1. The molecule has 0 spiro atoms. The maximum atomic E-state index is 12.1. The van der Waals surface area contributed by atoms with Gasteiger partial charge < -0.3 is 0 Å². The summed E-state index contributed by atoms with van der Waals surface area (Å²) in [5, 5.41) is 0.843. The van der Waals surface area contributed by atoms with Crippen molar-refractivity contribution in [3.05, 3.63) is 0 Å². The number of hydrogen-bond donors (Lipinski definition) is 0. The Bertz CT molecular complexity index is 276. The Labute approximate surface area is 109 Å². The second kappa shape index (κ2) is 7.67. The minimum Gasteiger partial charge on any atom is -0.212 e. The lowest BCUT2D eigenvalue weighted by atomic mass is 10.2. The number of rotatable bonds is 8. The highest BCUT2D eigenvalue weighted by atomic mass is 79.9. The molecule has 0 saturated carbocycles. The fourth-order valence-corrected chi connectivity index (χ4v) is 3.74. The lowest BCUT2D eigenvalue weighted by Crippen LogP contribution is -2.39. The molecular formula is C11H24BrNO2S. The zero-order valence-corrected chi connectivity index (χ0v) is 13.1. The van der Waals surface area contributed by atoms with E-state index in [1.54, 1.807) is 4.31 Å². The van der Waals surface area contributed by atoms with Crippen LogP contribution in [0.3, 0.4) is 0 Å². The summed E-state index contributed by atoms with van der Waals surface area (Å²) in [5.74, 6) is 0.700. The average molecular weight is 314 g/mol. The molecule has 0 bridgehead atoms. The molecule has 3 nitrogen and oxygen atoms in total. The Balaban J connectivity index is 4.50. The van der Waals surface area contributed by atoms with Crippen LogP contribution in [0.5, 0.6) is 0 Å². The van der Waals surface area contributed by atoms with E-state index in [0.29, 0.717) is 12.5 Å². The van der Waals surface area contributed by atoms with Crippen LogP contribution < -0.4 is 0 Å². The Kier molecular flexibility index (Phi) is 7.85. The van der Waals surface area contributed by atoms with E-state index in [1.807, 2.05) is 27.7 Å². The van der Waals surface area contributed by atoms with Gasteiger partial charge in [-0.2, -0.15) is 4.31 Å². The predicted octanol–water partition coefficient (Wildman–Crippen LogP) is 2.86. The van der Waals surface area contributed by atoms with E-state index in [-0.39, 0.29) is 11.8 Å². The van der Waals surface area contributed by atoms with Crippen molar-refractivity contribution in [3.63, 3.8) is 0 Å². The smallest absolute Gasteiger partial charge is 0.212 e. The maximum absolute atomic E-state index is 12.1. The van der Waals surface area contributed by atoms with Crippen molar-refractivity contribution >= 4 is 26.0 Å². The van der Waals surface area contributed by atoms with E-state index in [2.05, 4.69) is 15.9 Å². The third kappa shape index (κ3) is 6.21. The lowest BCUT2D eigenvalue weighted by molar-refractivity contribution is 0.353. The molecule has 0 aliphatic carbocycles. The zero-order chi connectivity index (χ0) is 12.8. The molecule has 0 aromatic carbocycles. The highest BCUT2D eigenvalue weighted by Crippen LogP contribution is 2.12. The van der Waals surface area contributed by atoms with Crippen LogP contribution in [-0.2, 0) is 10.0 Å². The van der Waals surface area contributed by atoms with Crippen molar-refractivity contribution in [1.82, 2.24) is 4.31 Å². The molecule has 0 aliphatic rings. The van der Waals surface area contributed by atoms with E-state index in [0.717, 1.165) is 18.2 Å². The van der Waals surface area contributed by atoms with Gasteiger partial charge in [-0.25, -0.2) is 8.42 Å². The number of halogens is 1. The zero-order valence-electron chi connectivity index (χ0n) is 10.7. The van der Waals surface area contributed by atoms with Crippen LogP contribution in [0.4, 0.5) is 0 Å². The minimum absolute atomic E-state index is 0.0520. The first-order valence-electron chi connectivity index (χ1n) is 5.86. The summed E-state index contributed by atoms with van der Waals surface area (Å²) < 4.78 is 25.8. The number of nitrogens with zero attached hydrogens (tertiary/aromatic N) is 1. The first kappa shape index (κ1) is 16.4. The van der Waals surface area contributed by atoms with Crippen LogP contribution in [-0.4, -0.2) is 36.4 Å². The third-order valence-corrected chi connectivity index (χ3v) is 5.03. The van der Waals surface area contributed by atoms with Crippen LogP contribution in [0, 0.1) is 5.92 Å². The van der Waals surface area contributed by atoms with Crippen molar-refractivity contribution in [1.29, 1.82) is 0 Å². The van der Waals surface area contributed by atoms with Crippen LogP contribution in [0.15, 0.2) is 0 Å². The second-order valence-corrected chi connectivity index (χ2v) is 7.58. The van der Waals surface area contributed by atoms with Gasteiger partial charge in [-0.1, -0.05) is 29.8 Å². The Hall–Kier alpha value is 0.390. The van der Waals surface area contributed by atoms with Crippen molar-refractivity contribution in [2.75, 3.05) is 17.6 Å². The highest BCUT2D eigenvalue weighted by Gasteiger charge is 2.24. The third-order valence-electron chi connectivity index (χ3n) is 2.40. The topological polar surface area (TPSA) is 37.4 Å². The molecular weight excluding hydrogens is 290 g/mol. The largest absolute Gasteiger partial charge is 0.214 e. The molecule has 0 aliphatic heterocycles. The molecule has 16 heavy (non-hydrogen) atoms. The van der Waals surface area contributed by atoms with Crippen molar-refractivity contribution in [2.24, 2.45) is 5.92 Å². The molecule has 0 heterocycles. The SMILES string of the molecule is CC(C)CCS(=O)(=O)N(CCCBr)C(C)C. The maximum Gasteiger partial charge on any atom is 0.214 e. The van der Waals surface area contributed by atoms with Crippen LogP contribution in [0.2, 0.25) is 0 Å². The van der Waals surface area contributed by atoms with Crippen molar-refractivity contribution < 1.29 is 8.42 Å². The molecule has 0 amide bonds. The second-order valence-electron chi connectivity index (χ2n) is 4.75. The summed E-state index contributed by atoms with van der Waals surface area (Å²) in [5.41, 5.74) is 0. The summed E-state index contributed by atoms with van der Waals surface area (Å²) in [6, 6.07) is 0.0520. The van der Waals surface area contributed by atoms with E-state index < -0.39 is 10.0 Å². The Morgan fingerprint density at radius 1 is 1.19 bits per heavy atom. The van der Waals surface area contributed by atoms with Gasteiger partial charge in [-0.05, 0) is 32.6 Å². The molecule has 0 N–H and O–H groups in total. The molecule has 0 atom stereocenters. The van der Waals surface area contributed by atoms with Gasteiger partial charge in [-0.15, -0.1) is 0 Å². The fourth-order valence-electron chi connectivity index (χ4n) is 1.44. The molecule has 0 aromatic rings. The summed E-state index contributed by atoms with van der Waals surface area (Å²) in [7, 11) is -3.08. The van der Waals surface area contributed by atoms with Gasteiger partial charge >= 0.3 is 0 Å². The van der Waals surface area contributed by atoms with Gasteiger partial charge in [0.25, 0.3) is 0 Å². The monoisotopic (exact) mass is 313 g/mol. The van der Waals surface area contributed by atoms with Gasteiger partial charge in [0.05, 0.1) is 5.75 Å². The molecule has 0 fully saturated rings. The van der Waals surface area contributed by atoms with E-state index in [9.17, 15) is 8.42 Å². The van der Waals surface area contributed by atoms with Gasteiger partial charge in [0.15, 0.2) is 0 Å². The quantitative estimate of drug-likeness (QED) is 0.646. The van der Waals surface area contributed by atoms with E-state index in [4.69, 9.17) is 0 Å². The summed E-state index contributed by atoms with van der Waals surface area (Å²) in [6.07, 6.45) is 1.60. The molecule has 0 rings (SSSR count). The first-order chi connectivity index (χ1) is 7.31. The number of alkyl halides is 1. The van der Waals surface area contributed by atoms with Crippen LogP contribution in [0.25, 0.3) is 0 Å². The summed E-state index contributed by atoms with van der Waals surface area (Å²) in [4.78, 5) is 0. The lowest BCUT2D eigenvalue weighted by Gasteiger charge is -2.26. The standard InChI is InChI=1S/C11H24BrNO2S/c1-10(2)6-9-16(14,15)13(11(3)4)8-5-7-12/h10-11H,5-9H2,1-4H3. The molecule has 5 heteroatoms. The van der Waals surface area contributed by atoms with Crippen molar-refractivity contribution in [3.8, 4) is 0 Å². The Morgan fingerprint density at radius 2 is 1.75 bits per heavy atom. The molecule has 0 aromatic heterocycles. The average Bonchev–Trinajstić information content (AvgIpc) is 2.14. The van der Waals surface area contributed by atoms with Gasteiger partial charge in [0.1, 0.15) is 0 Å². The fraction of sp³-hybridized carbons (Fsp3) is 1.00. The van der Waals surface area contributed by atoms with E-state index >= 15 is 0 Å². The van der Waals surface area contributed by atoms with E-state index in [1.165, 1.54) is 0 Å². The molecule has 0 saturated heterocycles. The highest BCUT2D eigenvalue weighted by molar-refractivity contribution is 9.09. The predicted molar refractivity (Wildman–Crippen MR) is 73.5 cm³/mol. The summed E-state index contributed by atoms with van der Waals surface area (Å²) in [6.45, 7) is 8.58. The van der Waals surface area contributed by atoms with Gasteiger partial charge in [0.2, 0.25) is 10.0 Å². The van der Waals surface area contributed by atoms with Crippen LogP contribution in [0.1, 0.15) is 40.5 Å². The van der Waals surface area contributed by atoms with Gasteiger partial charge in [0, 0.05) is 17.9 Å². The Morgan fingerprint density at radius 3 is 2.12 bits per heavy atom. The summed E-state index contributed by atoms with van der Waals surface area (Å²) >= 11 is 3.33. The molecule has 0 radical (unpaired) electrons. The number of hydrogen-bond acceptors (Lipinski definition) is 2. The normalized spacial score (nSPS) is 13.0. The van der Waals surface area contributed by atoms with Crippen molar-refractivity contribution in [2.45, 2.75) is 46.6 Å². The molecule has 0 unspecified atom stereocenters.